The van der Waals surface area contributed by atoms with E-state index in [1.807, 2.05) is 0 Å². The Labute approximate surface area is 107 Å². The summed E-state index contributed by atoms with van der Waals surface area (Å²) in [5.74, 6) is -2.30. The molecule has 1 rings (SSSR count). The van der Waals surface area contributed by atoms with Gasteiger partial charge in [-0.15, -0.1) is 0 Å². The summed E-state index contributed by atoms with van der Waals surface area (Å²) in [5, 5.41) is 8.91. The molecule has 0 saturated carbocycles. The monoisotopic (exact) mass is 275 g/mol. The summed E-state index contributed by atoms with van der Waals surface area (Å²) in [6, 6.07) is 5.18. The van der Waals surface area contributed by atoms with E-state index in [-0.39, 0.29) is 17.7 Å². The zero-order valence-corrected chi connectivity index (χ0v) is 10.1. The van der Waals surface area contributed by atoms with E-state index in [9.17, 15) is 22.8 Å². The van der Waals surface area contributed by atoms with Crippen molar-refractivity contribution in [3.8, 4) is 0 Å². The first kappa shape index (κ1) is 15.0. The molecular formula is C12H12F3NO3. The lowest BCUT2D eigenvalue weighted by Gasteiger charge is -2.22. The largest absolute Gasteiger partial charge is 0.478 e. The van der Waals surface area contributed by atoms with Gasteiger partial charge in [0.15, 0.2) is 0 Å². The first-order valence-corrected chi connectivity index (χ1v) is 5.44. The van der Waals surface area contributed by atoms with Crippen LogP contribution in [0.4, 0.5) is 13.2 Å². The summed E-state index contributed by atoms with van der Waals surface area (Å²) in [4.78, 5) is 23.4. The molecule has 0 spiro atoms. The Bertz CT molecular complexity index is 485. The molecule has 0 fully saturated rings. The molecule has 0 aromatic heterocycles. The summed E-state index contributed by atoms with van der Waals surface area (Å²) >= 11 is 0. The lowest BCUT2D eigenvalue weighted by atomic mass is 10.1. The highest BCUT2D eigenvalue weighted by molar-refractivity contribution is 6.04. The number of carboxylic acid groups (broad SMARTS) is 1. The predicted octanol–water partition coefficient (Wildman–Crippen LogP) is 2.41. The lowest BCUT2D eigenvalue weighted by Crippen LogP contribution is -2.39. The van der Waals surface area contributed by atoms with E-state index in [0.29, 0.717) is 4.90 Å². The van der Waals surface area contributed by atoms with Crippen molar-refractivity contribution in [2.24, 2.45) is 0 Å². The van der Waals surface area contributed by atoms with Crippen LogP contribution in [0.25, 0.3) is 0 Å². The van der Waals surface area contributed by atoms with Gasteiger partial charge >= 0.3 is 12.1 Å². The molecule has 0 atom stereocenters. The maximum Gasteiger partial charge on any atom is 0.406 e. The van der Waals surface area contributed by atoms with Gasteiger partial charge in [0.2, 0.25) is 0 Å². The molecule has 0 aliphatic heterocycles. The molecule has 4 nitrogen and oxygen atoms in total. The highest BCUT2D eigenvalue weighted by Crippen LogP contribution is 2.19. The Hall–Kier alpha value is -2.05. The quantitative estimate of drug-likeness (QED) is 0.918. The summed E-state index contributed by atoms with van der Waals surface area (Å²) in [6.45, 7) is -0.171. The number of carbonyl (C=O) groups is 2. The fourth-order valence-electron chi connectivity index (χ4n) is 1.57. The van der Waals surface area contributed by atoms with Crippen LogP contribution in [0.2, 0.25) is 0 Å². The second-order valence-corrected chi connectivity index (χ2v) is 3.79. The fraction of sp³-hybridized carbons (Fsp3) is 0.333. The van der Waals surface area contributed by atoms with Crippen LogP contribution in [0.15, 0.2) is 24.3 Å². The zero-order valence-electron chi connectivity index (χ0n) is 10.1. The highest BCUT2D eigenvalue weighted by Gasteiger charge is 2.33. The molecule has 1 amide bonds. The van der Waals surface area contributed by atoms with Crippen molar-refractivity contribution in [2.75, 3.05) is 13.1 Å². The average molecular weight is 275 g/mol. The van der Waals surface area contributed by atoms with E-state index in [0.717, 1.165) is 0 Å². The van der Waals surface area contributed by atoms with E-state index in [1.54, 1.807) is 0 Å². The van der Waals surface area contributed by atoms with E-state index < -0.39 is 24.6 Å². The molecule has 1 aromatic rings. The van der Waals surface area contributed by atoms with Crippen LogP contribution in [0.3, 0.4) is 0 Å². The Kier molecular flexibility index (Phi) is 4.52. The van der Waals surface area contributed by atoms with Crippen LogP contribution in [-0.4, -0.2) is 41.1 Å². The van der Waals surface area contributed by atoms with Crippen LogP contribution < -0.4 is 0 Å². The highest BCUT2D eigenvalue weighted by atomic mass is 19.4. The fourth-order valence-corrected chi connectivity index (χ4v) is 1.57. The molecule has 0 aliphatic carbocycles. The molecular weight excluding hydrogens is 263 g/mol. The van der Waals surface area contributed by atoms with Crippen LogP contribution in [-0.2, 0) is 0 Å². The number of benzene rings is 1. The van der Waals surface area contributed by atoms with Gasteiger partial charge in [-0.2, -0.15) is 13.2 Å². The first-order valence-electron chi connectivity index (χ1n) is 5.44. The van der Waals surface area contributed by atoms with Gasteiger partial charge < -0.3 is 10.0 Å². The molecule has 0 saturated heterocycles. The Morgan fingerprint density at radius 1 is 1.21 bits per heavy atom. The lowest BCUT2D eigenvalue weighted by molar-refractivity contribution is -0.140. The third kappa shape index (κ3) is 3.97. The number of hydrogen-bond donors (Lipinski definition) is 1. The van der Waals surface area contributed by atoms with E-state index >= 15 is 0 Å². The van der Waals surface area contributed by atoms with Crippen LogP contribution in [0, 0.1) is 0 Å². The molecule has 0 bridgehead atoms. The maximum absolute atomic E-state index is 12.3. The van der Waals surface area contributed by atoms with Crippen LogP contribution in [0.1, 0.15) is 27.6 Å². The normalized spacial score (nSPS) is 11.2. The molecule has 1 aromatic carbocycles. The smallest absolute Gasteiger partial charge is 0.406 e. The van der Waals surface area contributed by atoms with Gasteiger partial charge in [0, 0.05) is 6.54 Å². The van der Waals surface area contributed by atoms with Gasteiger partial charge in [-0.3, -0.25) is 4.79 Å². The summed E-state index contributed by atoms with van der Waals surface area (Å²) in [6.07, 6.45) is -4.52. The van der Waals surface area contributed by atoms with Crippen molar-refractivity contribution >= 4 is 11.9 Å². The summed E-state index contributed by atoms with van der Waals surface area (Å²) < 4.78 is 37.0. The molecule has 104 valence electrons. The number of carboxylic acids is 1. The average Bonchev–Trinajstić information content (AvgIpc) is 2.34. The summed E-state index contributed by atoms with van der Waals surface area (Å²) in [5.41, 5.74) is -0.561. The van der Waals surface area contributed by atoms with E-state index in [1.165, 1.54) is 31.2 Å². The van der Waals surface area contributed by atoms with Gasteiger partial charge in [0.1, 0.15) is 6.54 Å². The number of rotatable bonds is 4. The number of hydrogen-bond acceptors (Lipinski definition) is 2. The number of amides is 1. The van der Waals surface area contributed by atoms with Gasteiger partial charge in [-0.05, 0) is 19.1 Å². The van der Waals surface area contributed by atoms with Gasteiger partial charge in [-0.1, -0.05) is 12.1 Å². The van der Waals surface area contributed by atoms with Crippen LogP contribution >= 0.6 is 0 Å². The Morgan fingerprint density at radius 2 is 1.74 bits per heavy atom. The molecule has 0 aliphatic rings. The molecule has 0 unspecified atom stereocenters. The predicted molar refractivity (Wildman–Crippen MR) is 61.0 cm³/mol. The Balaban J connectivity index is 3.08. The third-order valence-corrected chi connectivity index (χ3v) is 2.43. The SMILES string of the molecule is CCN(CC(F)(F)F)C(=O)c1ccccc1C(=O)O. The number of alkyl halides is 3. The van der Waals surface area contributed by atoms with Crippen LogP contribution in [0.5, 0.6) is 0 Å². The molecule has 19 heavy (non-hydrogen) atoms. The van der Waals surface area contributed by atoms with Crippen molar-refractivity contribution in [3.63, 3.8) is 0 Å². The minimum Gasteiger partial charge on any atom is -0.478 e. The van der Waals surface area contributed by atoms with Crippen molar-refractivity contribution in [2.45, 2.75) is 13.1 Å². The van der Waals surface area contributed by atoms with E-state index in [4.69, 9.17) is 5.11 Å². The number of aromatic carboxylic acids is 1. The van der Waals surface area contributed by atoms with Crippen molar-refractivity contribution in [1.29, 1.82) is 0 Å². The van der Waals surface area contributed by atoms with Gasteiger partial charge in [0.05, 0.1) is 11.1 Å². The minimum absolute atomic E-state index is 0.160. The second-order valence-electron chi connectivity index (χ2n) is 3.79. The van der Waals surface area contributed by atoms with Crippen molar-refractivity contribution in [3.05, 3.63) is 35.4 Å². The topological polar surface area (TPSA) is 57.6 Å². The molecule has 0 heterocycles. The first-order chi connectivity index (χ1) is 8.76. The Morgan fingerprint density at radius 3 is 2.16 bits per heavy atom. The zero-order chi connectivity index (χ0) is 14.6. The molecule has 0 radical (unpaired) electrons. The third-order valence-electron chi connectivity index (χ3n) is 2.43. The van der Waals surface area contributed by atoms with Gasteiger partial charge in [-0.25, -0.2) is 4.79 Å². The van der Waals surface area contributed by atoms with Crippen molar-refractivity contribution < 1.29 is 27.9 Å². The van der Waals surface area contributed by atoms with E-state index in [2.05, 4.69) is 0 Å². The molecule has 1 N–H and O–H groups in total. The van der Waals surface area contributed by atoms with Crippen molar-refractivity contribution in [1.82, 2.24) is 4.90 Å². The number of nitrogens with zero attached hydrogens (tertiary/aromatic N) is 1. The van der Waals surface area contributed by atoms with Gasteiger partial charge in [0.25, 0.3) is 5.91 Å². The number of halogens is 3. The maximum atomic E-state index is 12.3. The summed E-state index contributed by atoms with van der Waals surface area (Å²) in [7, 11) is 0. The minimum atomic E-state index is -4.52. The standard InChI is InChI=1S/C12H12F3NO3/c1-2-16(7-12(13,14)15)10(17)8-5-3-4-6-9(8)11(18)19/h3-6H,2,7H2,1H3,(H,18,19). The second kappa shape index (κ2) is 5.73. The number of carbonyl (C=O) groups excluding carboxylic acids is 1. The molecule has 7 heteroatoms.